The van der Waals surface area contributed by atoms with Gasteiger partial charge in [-0.3, -0.25) is 0 Å². The van der Waals surface area contributed by atoms with Crippen LogP contribution in [0, 0.1) is 6.92 Å². The summed E-state index contributed by atoms with van der Waals surface area (Å²) >= 11 is 0. The maximum atomic E-state index is 5.58. The number of nitrogens with two attached hydrogens (primary N) is 2. The minimum atomic E-state index is 0.311. The Hall–Kier alpha value is -1.42. The standard InChI is InChI=1S/C10H16N4/c1-3-8(5-11)4-9-6-13-10(12)14-7(9)2/h4,6H,3,5,11H2,1-2H3,(H2,12,13,14)/b8-4+. The first-order valence-corrected chi connectivity index (χ1v) is 4.66. The van der Waals surface area contributed by atoms with E-state index in [0.717, 1.165) is 17.7 Å². The van der Waals surface area contributed by atoms with Gasteiger partial charge in [0.25, 0.3) is 0 Å². The maximum absolute atomic E-state index is 5.58. The van der Waals surface area contributed by atoms with Crippen molar-refractivity contribution in [2.75, 3.05) is 12.3 Å². The Morgan fingerprint density at radius 1 is 1.57 bits per heavy atom. The molecule has 1 rings (SSSR count). The van der Waals surface area contributed by atoms with Gasteiger partial charge < -0.3 is 11.5 Å². The van der Waals surface area contributed by atoms with Crippen molar-refractivity contribution in [2.45, 2.75) is 20.3 Å². The number of anilines is 1. The molecule has 0 saturated heterocycles. The summed E-state index contributed by atoms with van der Waals surface area (Å²) in [7, 11) is 0. The summed E-state index contributed by atoms with van der Waals surface area (Å²) in [4.78, 5) is 8.02. The Morgan fingerprint density at radius 2 is 2.29 bits per heavy atom. The van der Waals surface area contributed by atoms with E-state index in [0.29, 0.717) is 12.5 Å². The van der Waals surface area contributed by atoms with Crippen molar-refractivity contribution < 1.29 is 0 Å². The van der Waals surface area contributed by atoms with E-state index in [-0.39, 0.29) is 0 Å². The van der Waals surface area contributed by atoms with Crippen molar-refractivity contribution in [1.82, 2.24) is 9.97 Å². The van der Waals surface area contributed by atoms with Gasteiger partial charge in [0.1, 0.15) is 0 Å². The van der Waals surface area contributed by atoms with E-state index in [1.165, 1.54) is 5.57 Å². The molecule has 0 atom stereocenters. The summed E-state index contributed by atoms with van der Waals surface area (Å²) in [6, 6.07) is 0. The molecule has 1 aromatic heterocycles. The van der Waals surface area contributed by atoms with Crippen LogP contribution in [0.3, 0.4) is 0 Å². The third-order valence-corrected chi connectivity index (χ3v) is 2.11. The van der Waals surface area contributed by atoms with Crippen molar-refractivity contribution in [2.24, 2.45) is 5.73 Å². The number of nitrogens with zero attached hydrogens (tertiary/aromatic N) is 2. The Balaban J connectivity index is 3.02. The quantitative estimate of drug-likeness (QED) is 0.752. The van der Waals surface area contributed by atoms with Gasteiger partial charge in [0.15, 0.2) is 0 Å². The molecule has 0 radical (unpaired) electrons. The van der Waals surface area contributed by atoms with Crippen LogP contribution in [-0.4, -0.2) is 16.5 Å². The molecule has 0 aliphatic carbocycles. The van der Waals surface area contributed by atoms with Crippen LogP contribution in [0.4, 0.5) is 5.95 Å². The summed E-state index contributed by atoms with van der Waals surface area (Å²) in [6.45, 7) is 4.56. The van der Waals surface area contributed by atoms with Gasteiger partial charge in [0.2, 0.25) is 5.95 Å². The highest BCUT2D eigenvalue weighted by Crippen LogP contribution is 2.11. The zero-order valence-electron chi connectivity index (χ0n) is 8.62. The van der Waals surface area contributed by atoms with Gasteiger partial charge in [-0.2, -0.15) is 0 Å². The first kappa shape index (κ1) is 10.7. The summed E-state index contributed by atoms with van der Waals surface area (Å²) < 4.78 is 0. The lowest BCUT2D eigenvalue weighted by atomic mass is 10.1. The highest BCUT2D eigenvalue weighted by atomic mass is 15.0. The monoisotopic (exact) mass is 192 g/mol. The predicted octanol–water partition coefficient (Wildman–Crippen LogP) is 1.12. The first-order chi connectivity index (χ1) is 6.67. The molecule has 0 fully saturated rings. The van der Waals surface area contributed by atoms with E-state index in [2.05, 4.69) is 16.9 Å². The molecule has 4 heteroatoms. The zero-order chi connectivity index (χ0) is 10.6. The lowest BCUT2D eigenvalue weighted by Crippen LogP contribution is -2.03. The summed E-state index contributed by atoms with van der Waals surface area (Å²) in [6.07, 6.45) is 4.69. The average molecular weight is 192 g/mol. The molecule has 0 unspecified atom stereocenters. The zero-order valence-corrected chi connectivity index (χ0v) is 8.62. The fraction of sp³-hybridized carbons (Fsp3) is 0.400. The van der Waals surface area contributed by atoms with Crippen LogP contribution in [0.15, 0.2) is 11.8 Å². The Morgan fingerprint density at radius 3 is 2.79 bits per heavy atom. The van der Waals surface area contributed by atoms with Crippen molar-refractivity contribution >= 4 is 12.0 Å². The molecule has 14 heavy (non-hydrogen) atoms. The smallest absolute Gasteiger partial charge is 0.220 e. The maximum Gasteiger partial charge on any atom is 0.220 e. The molecular weight excluding hydrogens is 176 g/mol. The van der Waals surface area contributed by atoms with Gasteiger partial charge in [-0.15, -0.1) is 0 Å². The van der Waals surface area contributed by atoms with E-state index in [1.807, 2.05) is 13.0 Å². The van der Waals surface area contributed by atoms with Gasteiger partial charge >= 0.3 is 0 Å². The fourth-order valence-electron chi connectivity index (χ4n) is 1.16. The van der Waals surface area contributed by atoms with Gasteiger partial charge in [-0.1, -0.05) is 18.6 Å². The van der Waals surface area contributed by atoms with E-state index in [9.17, 15) is 0 Å². The second-order valence-electron chi connectivity index (χ2n) is 3.13. The minimum Gasteiger partial charge on any atom is -0.368 e. The molecule has 0 spiro atoms. The molecule has 0 aliphatic heterocycles. The predicted molar refractivity (Wildman–Crippen MR) is 58.5 cm³/mol. The third kappa shape index (κ3) is 2.53. The molecule has 76 valence electrons. The van der Waals surface area contributed by atoms with Crippen molar-refractivity contribution in [3.63, 3.8) is 0 Å². The van der Waals surface area contributed by atoms with Crippen LogP contribution in [0.25, 0.3) is 6.08 Å². The largest absolute Gasteiger partial charge is 0.368 e. The lowest BCUT2D eigenvalue weighted by Gasteiger charge is -2.03. The molecule has 4 nitrogen and oxygen atoms in total. The van der Waals surface area contributed by atoms with Crippen LogP contribution in [0.2, 0.25) is 0 Å². The Kier molecular flexibility index (Phi) is 3.59. The molecular formula is C10H16N4. The van der Waals surface area contributed by atoms with Crippen molar-refractivity contribution in [3.05, 3.63) is 23.0 Å². The molecule has 4 N–H and O–H groups in total. The minimum absolute atomic E-state index is 0.311. The summed E-state index contributed by atoms with van der Waals surface area (Å²) in [5.74, 6) is 0.311. The second-order valence-corrected chi connectivity index (χ2v) is 3.13. The lowest BCUT2D eigenvalue weighted by molar-refractivity contribution is 1.02. The number of rotatable bonds is 3. The molecule has 1 aromatic rings. The fourth-order valence-corrected chi connectivity index (χ4v) is 1.16. The molecule has 1 heterocycles. The number of hydrogen-bond acceptors (Lipinski definition) is 4. The highest BCUT2D eigenvalue weighted by molar-refractivity contribution is 5.54. The third-order valence-electron chi connectivity index (χ3n) is 2.11. The number of aryl methyl sites for hydroxylation is 1. The first-order valence-electron chi connectivity index (χ1n) is 4.66. The average Bonchev–Trinajstić information content (AvgIpc) is 2.17. The van der Waals surface area contributed by atoms with Gasteiger partial charge in [0, 0.05) is 18.3 Å². The molecule has 0 bridgehead atoms. The normalized spacial score (nSPS) is 11.8. The van der Waals surface area contributed by atoms with E-state index >= 15 is 0 Å². The highest BCUT2D eigenvalue weighted by Gasteiger charge is 1.99. The van der Waals surface area contributed by atoms with Crippen LogP contribution in [0.5, 0.6) is 0 Å². The number of hydrogen-bond donors (Lipinski definition) is 2. The van der Waals surface area contributed by atoms with E-state index < -0.39 is 0 Å². The molecule has 0 saturated carbocycles. The van der Waals surface area contributed by atoms with Gasteiger partial charge in [-0.05, 0) is 13.3 Å². The number of nitrogen functional groups attached to an aromatic ring is 1. The molecule has 0 amide bonds. The molecule has 0 aromatic carbocycles. The van der Waals surface area contributed by atoms with Crippen LogP contribution in [0.1, 0.15) is 24.6 Å². The molecule has 0 aliphatic rings. The topological polar surface area (TPSA) is 77.8 Å². The second kappa shape index (κ2) is 4.72. The van der Waals surface area contributed by atoms with Gasteiger partial charge in [-0.25, -0.2) is 9.97 Å². The van der Waals surface area contributed by atoms with Gasteiger partial charge in [0.05, 0.1) is 5.69 Å². The van der Waals surface area contributed by atoms with E-state index in [1.54, 1.807) is 6.20 Å². The Labute approximate surface area is 84.1 Å². The number of aromatic nitrogens is 2. The van der Waals surface area contributed by atoms with Crippen LogP contribution in [-0.2, 0) is 0 Å². The Bertz CT molecular complexity index is 338. The van der Waals surface area contributed by atoms with Crippen LogP contribution < -0.4 is 11.5 Å². The SMILES string of the molecule is CC/C(=C\c1cnc(N)nc1C)CN. The summed E-state index contributed by atoms with van der Waals surface area (Å²) in [5.41, 5.74) is 14.1. The van der Waals surface area contributed by atoms with Crippen molar-refractivity contribution in [3.8, 4) is 0 Å². The van der Waals surface area contributed by atoms with Crippen LogP contribution >= 0.6 is 0 Å². The summed E-state index contributed by atoms with van der Waals surface area (Å²) in [5, 5.41) is 0. The van der Waals surface area contributed by atoms with E-state index in [4.69, 9.17) is 11.5 Å². The van der Waals surface area contributed by atoms with Crippen molar-refractivity contribution in [1.29, 1.82) is 0 Å².